The van der Waals surface area contributed by atoms with E-state index in [9.17, 15) is 17.6 Å². The van der Waals surface area contributed by atoms with Crippen molar-refractivity contribution in [3.63, 3.8) is 0 Å². The molecule has 0 aliphatic carbocycles. The molecule has 20 heavy (non-hydrogen) atoms. The van der Waals surface area contributed by atoms with E-state index in [1.807, 2.05) is 0 Å². The molecular weight excluding hydrogens is 272 g/mol. The summed E-state index contributed by atoms with van der Waals surface area (Å²) in [6.45, 7) is 5.38. The molecule has 0 saturated heterocycles. The fraction of sp³-hybridized carbons (Fsp3) is 0.571. The van der Waals surface area contributed by atoms with E-state index in [1.54, 1.807) is 20.8 Å². The van der Waals surface area contributed by atoms with E-state index in [-0.39, 0.29) is 6.04 Å². The van der Waals surface area contributed by atoms with Gasteiger partial charge in [0.1, 0.15) is 12.4 Å². The van der Waals surface area contributed by atoms with Crippen LogP contribution in [-0.2, 0) is 0 Å². The van der Waals surface area contributed by atoms with E-state index < -0.39 is 24.6 Å². The van der Waals surface area contributed by atoms with Crippen LogP contribution in [0.15, 0.2) is 12.1 Å². The highest BCUT2D eigenvalue weighted by Gasteiger charge is 2.33. The molecule has 0 fully saturated rings. The van der Waals surface area contributed by atoms with Crippen molar-refractivity contribution in [2.24, 2.45) is 5.73 Å². The SMILES string of the molecule is Cc1cc(N(CC(F)(F)F)C(C)C)c([C@H](C)N)cc1F. The van der Waals surface area contributed by atoms with Gasteiger partial charge in [-0.25, -0.2) is 4.39 Å². The van der Waals surface area contributed by atoms with Crippen molar-refractivity contribution in [1.82, 2.24) is 0 Å². The zero-order valence-electron chi connectivity index (χ0n) is 12.1. The molecular formula is C14H20F4N2. The van der Waals surface area contributed by atoms with Crippen LogP contribution in [0.1, 0.15) is 37.9 Å². The molecule has 0 aromatic heterocycles. The number of anilines is 1. The van der Waals surface area contributed by atoms with Gasteiger partial charge in [0.25, 0.3) is 0 Å². The van der Waals surface area contributed by atoms with Crippen molar-refractivity contribution in [2.45, 2.75) is 46.0 Å². The highest BCUT2D eigenvalue weighted by molar-refractivity contribution is 5.57. The number of aryl methyl sites for hydroxylation is 1. The summed E-state index contributed by atoms with van der Waals surface area (Å²) in [5.41, 5.74) is 6.78. The second kappa shape index (κ2) is 5.99. The molecule has 114 valence electrons. The zero-order chi connectivity index (χ0) is 15.7. The fourth-order valence-corrected chi connectivity index (χ4v) is 2.03. The maximum Gasteiger partial charge on any atom is 0.405 e. The van der Waals surface area contributed by atoms with Gasteiger partial charge >= 0.3 is 6.18 Å². The van der Waals surface area contributed by atoms with Crippen LogP contribution in [0.4, 0.5) is 23.2 Å². The van der Waals surface area contributed by atoms with E-state index >= 15 is 0 Å². The number of rotatable bonds is 4. The molecule has 0 bridgehead atoms. The van der Waals surface area contributed by atoms with E-state index in [4.69, 9.17) is 5.73 Å². The van der Waals surface area contributed by atoms with Crippen LogP contribution in [0.5, 0.6) is 0 Å². The molecule has 1 aromatic carbocycles. The lowest BCUT2D eigenvalue weighted by Gasteiger charge is -2.32. The molecule has 0 spiro atoms. The fourth-order valence-electron chi connectivity index (χ4n) is 2.03. The summed E-state index contributed by atoms with van der Waals surface area (Å²) in [4.78, 5) is 1.20. The number of halogens is 4. The van der Waals surface area contributed by atoms with Gasteiger partial charge in [-0.1, -0.05) is 0 Å². The molecule has 0 amide bonds. The Balaban J connectivity index is 3.35. The standard InChI is InChI=1S/C14H20F4N2/c1-8(2)20(7-14(16,17)18)13-5-9(3)12(15)6-11(13)10(4)19/h5-6,8,10H,7,19H2,1-4H3/t10-/m0/s1. The van der Waals surface area contributed by atoms with E-state index in [2.05, 4.69) is 0 Å². The summed E-state index contributed by atoms with van der Waals surface area (Å²) in [5.74, 6) is -0.461. The summed E-state index contributed by atoms with van der Waals surface area (Å²) in [6, 6.07) is 1.73. The first-order valence-corrected chi connectivity index (χ1v) is 6.42. The summed E-state index contributed by atoms with van der Waals surface area (Å²) in [5, 5.41) is 0. The number of hydrogen-bond acceptors (Lipinski definition) is 2. The molecule has 1 rings (SSSR count). The lowest BCUT2D eigenvalue weighted by atomic mass is 10.0. The molecule has 0 saturated carbocycles. The van der Waals surface area contributed by atoms with Crippen LogP contribution < -0.4 is 10.6 Å². The number of nitrogens with zero attached hydrogens (tertiary/aromatic N) is 1. The van der Waals surface area contributed by atoms with Gasteiger partial charge in [0.15, 0.2) is 0 Å². The third-order valence-electron chi connectivity index (χ3n) is 3.08. The first-order chi connectivity index (χ1) is 9.03. The third kappa shape index (κ3) is 4.10. The average Bonchev–Trinajstić information content (AvgIpc) is 2.27. The Hall–Kier alpha value is -1.30. The van der Waals surface area contributed by atoms with Crippen LogP contribution in [0, 0.1) is 12.7 Å². The van der Waals surface area contributed by atoms with Crippen LogP contribution >= 0.6 is 0 Å². The minimum atomic E-state index is -4.33. The van der Waals surface area contributed by atoms with Crippen LogP contribution in [0.2, 0.25) is 0 Å². The first kappa shape index (κ1) is 16.8. The summed E-state index contributed by atoms with van der Waals surface area (Å²) in [6.07, 6.45) is -4.33. The van der Waals surface area contributed by atoms with Gasteiger partial charge in [-0.3, -0.25) is 0 Å². The van der Waals surface area contributed by atoms with Crippen molar-refractivity contribution < 1.29 is 17.6 Å². The van der Waals surface area contributed by atoms with Gasteiger partial charge in [-0.2, -0.15) is 13.2 Å². The van der Waals surface area contributed by atoms with Gasteiger partial charge in [0.05, 0.1) is 0 Å². The van der Waals surface area contributed by atoms with E-state index in [0.29, 0.717) is 16.8 Å². The van der Waals surface area contributed by atoms with Gasteiger partial charge in [-0.15, -0.1) is 0 Å². The minimum absolute atomic E-state index is 0.303. The molecule has 0 radical (unpaired) electrons. The summed E-state index contributed by atoms with van der Waals surface area (Å²) >= 11 is 0. The van der Waals surface area contributed by atoms with Gasteiger partial charge in [0, 0.05) is 17.8 Å². The Morgan fingerprint density at radius 3 is 2.15 bits per heavy atom. The Morgan fingerprint density at radius 1 is 1.20 bits per heavy atom. The zero-order valence-corrected chi connectivity index (χ0v) is 12.1. The number of alkyl halides is 3. The minimum Gasteiger partial charge on any atom is -0.360 e. The molecule has 6 heteroatoms. The molecule has 0 aliphatic rings. The highest BCUT2D eigenvalue weighted by Crippen LogP contribution is 2.32. The number of benzene rings is 1. The summed E-state index contributed by atoms with van der Waals surface area (Å²) in [7, 11) is 0. The second-order valence-electron chi connectivity index (χ2n) is 5.29. The number of hydrogen-bond donors (Lipinski definition) is 1. The molecule has 0 heterocycles. The first-order valence-electron chi connectivity index (χ1n) is 6.42. The Bertz CT molecular complexity index is 467. The molecule has 1 aromatic rings. The lowest BCUT2D eigenvalue weighted by molar-refractivity contribution is -0.120. The van der Waals surface area contributed by atoms with Crippen LogP contribution in [-0.4, -0.2) is 18.8 Å². The van der Waals surface area contributed by atoms with Crippen molar-refractivity contribution >= 4 is 5.69 Å². The van der Waals surface area contributed by atoms with E-state index in [1.165, 1.54) is 24.0 Å². The molecule has 2 nitrogen and oxygen atoms in total. The predicted molar refractivity (Wildman–Crippen MR) is 72.3 cm³/mol. The molecule has 0 aliphatic heterocycles. The van der Waals surface area contributed by atoms with Gasteiger partial charge in [0.2, 0.25) is 0 Å². The maximum atomic E-state index is 13.6. The van der Waals surface area contributed by atoms with E-state index in [0.717, 1.165) is 0 Å². The molecule has 2 N–H and O–H groups in total. The van der Waals surface area contributed by atoms with Crippen molar-refractivity contribution in [3.05, 3.63) is 29.1 Å². The van der Waals surface area contributed by atoms with Crippen LogP contribution in [0.25, 0.3) is 0 Å². The third-order valence-corrected chi connectivity index (χ3v) is 3.08. The second-order valence-corrected chi connectivity index (χ2v) is 5.29. The Morgan fingerprint density at radius 2 is 1.75 bits per heavy atom. The topological polar surface area (TPSA) is 29.3 Å². The highest BCUT2D eigenvalue weighted by atomic mass is 19.4. The Kier molecular flexibility index (Phi) is 5.02. The normalized spacial score (nSPS) is 13.7. The number of nitrogens with two attached hydrogens (primary N) is 1. The molecule has 1 atom stereocenters. The average molecular weight is 292 g/mol. The van der Waals surface area contributed by atoms with Gasteiger partial charge < -0.3 is 10.6 Å². The lowest BCUT2D eigenvalue weighted by Crippen LogP contribution is -2.40. The molecule has 0 unspecified atom stereocenters. The predicted octanol–water partition coefficient (Wildman–Crippen LogP) is 3.93. The van der Waals surface area contributed by atoms with Crippen LogP contribution in [0.3, 0.4) is 0 Å². The van der Waals surface area contributed by atoms with Crippen molar-refractivity contribution in [2.75, 3.05) is 11.4 Å². The quantitative estimate of drug-likeness (QED) is 0.852. The van der Waals surface area contributed by atoms with Crippen molar-refractivity contribution in [3.8, 4) is 0 Å². The largest absolute Gasteiger partial charge is 0.405 e. The maximum absolute atomic E-state index is 13.6. The van der Waals surface area contributed by atoms with Gasteiger partial charge in [-0.05, 0) is 51.0 Å². The summed E-state index contributed by atoms with van der Waals surface area (Å²) < 4.78 is 51.8. The van der Waals surface area contributed by atoms with Crippen molar-refractivity contribution in [1.29, 1.82) is 0 Å². The monoisotopic (exact) mass is 292 g/mol. The Labute approximate surface area is 116 Å². The smallest absolute Gasteiger partial charge is 0.360 e.